The summed E-state index contributed by atoms with van der Waals surface area (Å²) >= 11 is 8.20. The van der Waals surface area contributed by atoms with Crippen molar-refractivity contribution < 1.29 is 9.90 Å². The summed E-state index contributed by atoms with van der Waals surface area (Å²) < 4.78 is 2.92. The summed E-state index contributed by atoms with van der Waals surface area (Å²) in [5, 5.41) is 9.82. The quantitative estimate of drug-likeness (QED) is 0.639. The Hall–Kier alpha value is -1.60. The predicted octanol–water partition coefficient (Wildman–Crippen LogP) is 4.29. The zero-order valence-electron chi connectivity index (χ0n) is 11.0. The largest absolute Gasteiger partial charge is 0.478 e. The first kappa shape index (κ1) is 14.3. The van der Waals surface area contributed by atoms with Crippen molar-refractivity contribution in [1.29, 1.82) is 0 Å². The van der Waals surface area contributed by atoms with E-state index < -0.39 is 5.97 Å². The molecule has 21 heavy (non-hydrogen) atoms. The van der Waals surface area contributed by atoms with Crippen molar-refractivity contribution >= 4 is 51.2 Å². The fraction of sp³-hybridized carbons (Fsp3) is 0.0667. The van der Waals surface area contributed by atoms with Crippen LogP contribution < -0.4 is 0 Å². The van der Waals surface area contributed by atoms with E-state index in [9.17, 15) is 4.79 Å². The van der Waals surface area contributed by atoms with E-state index in [0.29, 0.717) is 5.02 Å². The molecule has 1 N–H and O–H groups in total. The number of carboxylic acids is 1. The third-order valence-corrected chi connectivity index (χ3v) is 4.32. The standard InChI is InChI=1S/C15H10ClIN2O2/c1-8-18-12-4-2-9(15(20)21)6-14(12)19(8)13-5-3-10(16)7-11(13)17/h2-7H,1H3,(H,20,21). The molecule has 3 rings (SSSR count). The maximum Gasteiger partial charge on any atom is 0.335 e. The second-order valence-electron chi connectivity index (χ2n) is 4.60. The first-order valence-corrected chi connectivity index (χ1v) is 7.61. The predicted molar refractivity (Wildman–Crippen MR) is 90.5 cm³/mol. The van der Waals surface area contributed by atoms with Gasteiger partial charge in [-0.25, -0.2) is 9.78 Å². The Morgan fingerprint density at radius 2 is 2.05 bits per heavy atom. The monoisotopic (exact) mass is 412 g/mol. The summed E-state index contributed by atoms with van der Waals surface area (Å²) in [6, 6.07) is 10.5. The van der Waals surface area contributed by atoms with Crippen molar-refractivity contribution in [2.45, 2.75) is 6.92 Å². The minimum atomic E-state index is -0.951. The van der Waals surface area contributed by atoms with E-state index in [0.717, 1.165) is 26.1 Å². The van der Waals surface area contributed by atoms with Gasteiger partial charge in [-0.15, -0.1) is 0 Å². The number of nitrogens with zero attached hydrogens (tertiary/aromatic N) is 2. The van der Waals surface area contributed by atoms with Gasteiger partial charge in [-0.05, 0) is 65.9 Å². The summed E-state index contributed by atoms with van der Waals surface area (Å²) in [4.78, 5) is 15.6. The molecule has 0 amide bonds. The number of halogens is 2. The van der Waals surface area contributed by atoms with Gasteiger partial charge in [0.25, 0.3) is 0 Å². The average Bonchev–Trinajstić information content (AvgIpc) is 2.74. The Bertz CT molecular complexity index is 873. The number of imidazole rings is 1. The van der Waals surface area contributed by atoms with Crippen LogP contribution in [0, 0.1) is 10.5 Å². The third kappa shape index (κ3) is 2.51. The lowest BCUT2D eigenvalue weighted by atomic mass is 10.2. The Labute approximate surface area is 139 Å². The summed E-state index contributed by atoms with van der Waals surface area (Å²) in [5.74, 6) is -0.152. The van der Waals surface area contributed by atoms with Crippen LogP contribution in [0.2, 0.25) is 5.02 Å². The van der Waals surface area contributed by atoms with Crippen LogP contribution in [0.3, 0.4) is 0 Å². The van der Waals surface area contributed by atoms with Crippen molar-refractivity contribution in [2.24, 2.45) is 0 Å². The number of aromatic nitrogens is 2. The van der Waals surface area contributed by atoms with Gasteiger partial charge < -0.3 is 5.11 Å². The molecule has 2 aromatic carbocycles. The summed E-state index contributed by atoms with van der Waals surface area (Å²) in [5.41, 5.74) is 2.71. The number of fused-ring (bicyclic) bond motifs is 1. The van der Waals surface area contributed by atoms with Crippen molar-refractivity contribution in [2.75, 3.05) is 0 Å². The molecule has 1 aromatic heterocycles. The van der Waals surface area contributed by atoms with Crippen molar-refractivity contribution in [3.63, 3.8) is 0 Å². The fourth-order valence-corrected chi connectivity index (χ4v) is 3.41. The lowest BCUT2D eigenvalue weighted by molar-refractivity contribution is 0.0697. The lowest BCUT2D eigenvalue weighted by Crippen LogP contribution is -2.01. The van der Waals surface area contributed by atoms with Crippen LogP contribution in [0.15, 0.2) is 36.4 Å². The SMILES string of the molecule is Cc1nc2ccc(C(=O)O)cc2n1-c1ccc(Cl)cc1I. The lowest BCUT2D eigenvalue weighted by Gasteiger charge is -2.10. The van der Waals surface area contributed by atoms with Crippen LogP contribution in [-0.2, 0) is 0 Å². The molecule has 1 heterocycles. The second kappa shape index (κ2) is 5.31. The van der Waals surface area contributed by atoms with Gasteiger partial charge in [-0.3, -0.25) is 4.57 Å². The van der Waals surface area contributed by atoms with E-state index >= 15 is 0 Å². The Morgan fingerprint density at radius 1 is 1.29 bits per heavy atom. The number of carbonyl (C=O) groups is 1. The van der Waals surface area contributed by atoms with E-state index in [4.69, 9.17) is 16.7 Å². The molecule has 0 fully saturated rings. The molecule has 0 bridgehead atoms. The molecule has 0 unspecified atom stereocenters. The van der Waals surface area contributed by atoms with Crippen molar-refractivity contribution in [1.82, 2.24) is 9.55 Å². The highest BCUT2D eigenvalue weighted by Gasteiger charge is 2.14. The minimum absolute atomic E-state index is 0.243. The van der Waals surface area contributed by atoms with Gasteiger partial charge in [0, 0.05) is 8.59 Å². The number of aryl methyl sites for hydroxylation is 1. The molecule has 0 aliphatic heterocycles. The molecule has 6 heteroatoms. The van der Waals surface area contributed by atoms with E-state index in [-0.39, 0.29) is 5.56 Å². The molecule has 0 saturated heterocycles. The van der Waals surface area contributed by atoms with Crippen LogP contribution in [-0.4, -0.2) is 20.6 Å². The second-order valence-corrected chi connectivity index (χ2v) is 6.20. The fourth-order valence-electron chi connectivity index (χ4n) is 2.30. The van der Waals surface area contributed by atoms with Crippen molar-refractivity contribution in [3.8, 4) is 5.69 Å². The van der Waals surface area contributed by atoms with Gasteiger partial charge in [-0.1, -0.05) is 11.6 Å². The molecule has 0 aliphatic rings. The van der Waals surface area contributed by atoms with Gasteiger partial charge in [0.1, 0.15) is 5.82 Å². The molecule has 4 nitrogen and oxygen atoms in total. The van der Waals surface area contributed by atoms with Crippen LogP contribution in [0.5, 0.6) is 0 Å². The number of rotatable bonds is 2. The van der Waals surface area contributed by atoms with Crippen LogP contribution in [0.1, 0.15) is 16.2 Å². The number of benzene rings is 2. The van der Waals surface area contributed by atoms with E-state index in [1.165, 1.54) is 0 Å². The zero-order valence-corrected chi connectivity index (χ0v) is 13.9. The zero-order chi connectivity index (χ0) is 15.1. The van der Waals surface area contributed by atoms with E-state index in [1.807, 2.05) is 29.7 Å². The normalized spacial score (nSPS) is 11.0. The number of hydrogen-bond acceptors (Lipinski definition) is 2. The van der Waals surface area contributed by atoms with Gasteiger partial charge in [0.15, 0.2) is 0 Å². The third-order valence-electron chi connectivity index (χ3n) is 3.22. The minimum Gasteiger partial charge on any atom is -0.478 e. The molecule has 0 atom stereocenters. The molecule has 0 aliphatic carbocycles. The Kier molecular flexibility index (Phi) is 3.62. The van der Waals surface area contributed by atoms with Crippen LogP contribution in [0.25, 0.3) is 16.7 Å². The summed E-state index contributed by atoms with van der Waals surface area (Å²) in [7, 11) is 0. The maximum absolute atomic E-state index is 11.2. The molecule has 3 aromatic rings. The van der Waals surface area contributed by atoms with Crippen molar-refractivity contribution in [3.05, 3.63) is 56.4 Å². The van der Waals surface area contributed by atoms with Gasteiger partial charge in [-0.2, -0.15) is 0 Å². The molecule has 0 radical (unpaired) electrons. The van der Waals surface area contributed by atoms with Gasteiger partial charge in [0.05, 0.1) is 22.3 Å². The molecular formula is C15H10ClIN2O2. The van der Waals surface area contributed by atoms with Crippen LogP contribution in [0.4, 0.5) is 0 Å². The first-order chi connectivity index (χ1) is 9.97. The Morgan fingerprint density at radius 3 is 2.71 bits per heavy atom. The van der Waals surface area contributed by atoms with E-state index in [1.54, 1.807) is 18.2 Å². The molecule has 0 saturated carbocycles. The maximum atomic E-state index is 11.2. The number of hydrogen-bond donors (Lipinski definition) is 1. The molecule has 106 valence electrons. The number of carboxylic acid groups (broad SMARTS) is 1. The highest BCUT2D eigenvalue weighted by Crippen LogP contribution is 2.27. The summed E-state index contributed by atoms with van der Waals surface area (Å²) in [6.07, 6.45) is 0. The molecular weight excluding hydrogens is 403 g/mol. The smallest absolute Gasteiger partial charge is 0.335 e. The van der Waals surface area contributed by atoms with Gasteiger partial charge >= 0.3 is 5.97 Å². The summed E-state index contributed by atoms with van der Waals surface area (Å²) in [6.45, 7) is 1.89. The Balaban J connectivity index is 2.32. The topological polar surface area (TPSA) is 55.1 Å². The highest BCUT2D eigenvalue weighted by atomic mass is 127. The molecule has 0 spiro atoms. The van der Waals surface area contributed by atoms with Gasteiger partial charge in [0.2, 0.25) is 0 Å². The highest BCUT2D eigenvalue weighted by molar-refractivity contribution is 14.1. The van der Waals surface area contributed by atoms with Crippen LogP contribution >= 0.6 is 34.2 Å². The first-order valence-electron chi connectivity index (χ1n) is 6.15. The average molecular weight is 413 g/mol. The number of aromatic carboxylic acids is 1. The van der Waals surface area contributed by atoms with E-state index in [2.05, 4.69) is 27.6 Å².